The van der Waals surface area contributed by atoms with E-state index in [1.807, 2.05) is 36.2 Å². The number of methoxy groups -OCH3 is 1. The Labute approximate surface area is 179 Å². The molecular formula is C23H34N2O5. The van der Waals surface area contributed by atoms with Gasteiger partial charge in [-0.15, -0.1) is 0 Å². The van der Waals surface area contributed by atoms with Crippen molar-refractivity contribution in [3.8, 4) is 5.75 Å². The molecule has 0 N–H and O–H groups in total. The molecule has 166 valence electrons. The zero-order chi connectivity index (χ0) is 21.3. The van der Waals surface area contributed by atoms with Crippen molar-refractivity contribution >= 4 is 11.8 Å². The Morgan fingerprint density at radius 2 is 1.87 bits per heavy atom. The Hall–Kier alpha value is -2.12. The lowest BCUT2D eigenvalue weighted by Gasteiger charge is -2.32. The molecule has 2 aliphatic rings. The van der Waals surface area contributed by atoms with Crippen LogP contribution >= 0.6 is 0 Å². The molecule has 2 aliphatic heterocycles. The van der Waals surface area contributed by atoms with Crippen LogP contribution in [0.4, 0.5) is 0 Å². The van der Waals surface area contributed by atoms with Gasteiger partial charge in [0.25, 0.3) is 5.91 Å². The molecule has 1 aromatic rings. The lowest BCUT2D eigenvalue weighted by molar-refractivity contribution is -0.136. The smallest absolute Gasteiger partial charge is 0.253 e. The topological polar surface area (TPSA) is 68.3 Å². The maximum Gasteiger partial charge on any atom is 0.253 e. The van der Waals surface area contributed by atoms with Crippen molar-refractivity contribution < 1.29 is 23.8 Å². The Balaban J connectivity index is 1.43. The number of hydrogen-bond donors (Lipinski definition) is 0. The van der Waals surface area contributed by atoms with E-state index in [9.17, 15) is 9.59 Å². The van der Waals surface area contributed by atoms with Crippen LogP contribution in [0, 0.1) is 0 Å². The van der Waals surface area contributed by atoms with E-state index in [0.29, 0.717) is 25.2 Å². The summed E-state index contributed by atoms with van der Waals surface area (Å²) in [7, 11) is 3.37. The zero-order valence-electron chi connectivity index (χ0n) is 18.2. The van der Waals surface area contributed by atoms with Gasteiger partial charge in [-0.05, 0) is 49.9 Å². The van der Waals surface area contributed by atoms with Gasteiger partial charge in [0.1, 0.15) is 18.5 Å². The molecule has 0 bridgehead atoms. The number of amides is 2. The average molecular weight is 419 g/mol. The quantitative estimate of drug-likeness (QED) is 0.649. The second kappa shape index (κ2) is 11.3. The van der Waals surface area contributed by atoms with Crippen molar-refractivity contribution in [3.05, 3.63) is 29.8 Å². The van der Waals surface area contributed by atoms with E-state index in [1.165, 1.54) is 13.5 Å². The third kappa shape index (κ3) is 6.44. The van der Waals surface area contributed by atoms with Crippen LogP contribution in [0.3, 0.4) is 0 Å². The lowest BCUT2D eigenvalue weighted by atomic mass is 10.1. The summed E-state index contributed by atoms with van der Waals surface area (Å²) in [6.07, 6.45) is 6.28. The summed E-state index contributed by atoms with van der Waals surface area (Å²) in [6, 6.07) is 7.35. The van der Waals surface area contributed by atoms with E-state index in [-0.39, 0.29) is 30.6 Å². The summed E-state index contributed by atoms with van der Waals surface area (Å²) in [6.45, 7) is 3.02. The number of benzene rings is 1. The molecule has 3 rings (SSSR count). The van der Waals surface area contributed by atoms with Crippen LogP contribution in [-0.4, -0.2) is 80.8 Å². The maximum atomic E-state index is 12.7. The van der Waals surface area contributed by atoms with Crippen molar-refractivity contribution in [1.82, 2.24) is 9.80 Å². The monoisotopic (exact) mass is 418 g/mol. The first-order valence-corrected chi connectivity index (χ1v) is 11.0. The highest BCUT2D eigenvalue weighted by Gasteiger charge is 2.24. The van der Waals surface area contributed by atoms with Gasteiger partial charge in [-0.25, -0.2) is 0 Å². The first-order valence-electron chi connectivity index (χ1n) is 11.0. The van der Waals surface area contributed by atoms with Crippen molar-refractivity contribution in [2.45, 2.75) is 50.7 Å². The molecule has 0 saturated carbocycles. The van der Waals surface area contributed by atoms with Gasteiger partial charge in [-0.1, -0.05) is 0 Å². The molecule has 30 heavy (non-hydrogen) atoms. The van der Waals surface area contributed by atoms with Crippen LogP contribution in [0.2, 0.25) is 0 Å². The van der Waals surface area contributed by atoms with Crippen molar-refractivity contribution in [1.29, 1.82) is 0 Å². The molecule has 2 amide bonds. The van der Waals surface area contributed by atoms with E-state index in [0.717, 1.165) is 44.5 Å². The second-order valence-corrected chi connectivity index (χ2v) is 8.16. The van der Waals surface area contributed by atoms with Gasteiger partial charge in [-0.3, -0.25) is 9.59 Å². The molecule has 2 saturated heterocycles. The summed E-state index contributed by atoms with van der Waals surface area (Å²) < 4.78 is 16.7. The molecule has 0 aliphatic carbocycles. The first-order chi connectivity index (χ1) is 14.6. The number of carbonyl (C=O) groups is 2. The second-order valence-electron chi connectivity index (χ2n) is 8.16. The van der Waals surface area contributed by atoms with Gasteiger partial charge in [0, 0.05) is 58.8 Å². The third-order valence-corrected chi connectivity index (χ3v) is 5.87. The standard InChI is InChI=1S/C23H34N2O5/c1-24(13-10-19-5-3-4-16-29-19)23(27)18-6-8-20(9-7-18)30-21-11-14-25(15-12-21)22(26)17-28-2/h6-9,19,21H,3-5,10-17H2,1-2H3/t19-/m1/s1. The Kier molecular flexibility index (Phi) is 8.51. The summed E-state index contributed by atoms with van der Waals surface area (Å²) in [5.74, 6) is 0.798. The Bertz CT molecular complexity index is 679. The van der Waals surface area contributed by atoms with Crippen LogP contribution in [0.5, 0.6) is 5.75 Å². The average Bonchev–Trinajstić information content (AvgIpc) is 2.79. The molecule has 0 aromatic heterocycles. The highest BCUT2D eigenvalue weighted by atomic mass is 16.5. The molecule has 0 spiro atoms. The number of nitrogens with zero attached hydrogens (tertiary/aromatic N) is 2. The van der Waals surface area contributed by atoms with E-state index in [4.69, 9.17) is 14.2 Å². The fraction of sp³-hybridized carbons (Fsp3) is 0.652. The number of piperidine rings is 1. The maximum absolute atomic E-state index is 12.7. The molecular weight excluding hydrogens is 384 g/mol. The number of ether oxygens (including phenoxy) is 3. The number of likely N-dealkylation sites (tertiary alicyclic amines) is 1. The summed E-state index contributed by atoms with van der Waals surface area (Å²) in [4.78, 5) is 28.1. The number of carbonyl (C=O) groups excluding carboxylic acids is 2. The highest BCUT2D eigenvalue weighted by molar-refractivity contribution is 5.94. The molecule has 1 aromatic carbocycles. The molecule has 2 fully saturated rings. The molecule has 7 nitrogen and oxygen atoms in total. The minimum atomic E-state index is 0.0160. The molecule has 0 radical (unpaired) electrons. The van der Waals surface area contributed by atoms with Crippen molar-refractivity contribution in [2.75, 3.05) is 47.0 Å². The third-order valence-electron chi connectivity index (χ3n) is 5.87. The van der Waals surface area contributed by atoms with Crippen molar-refractivity contribution in [2.24, 2.45) is 0 Å². The summed E-state index contributed by atoms with van der Waals surface area (Å²) in [5.41, 5.74) is 0.661. The Morgan fingerprint density at radius 1 is 1.13 bits per heavy atom. The van der Waals surface area contributed by atoms with Gasteiger partial charge >= 0.3 is 0 Å². The van der Waals surface area contributed by atoms with Gasteiger partial charge in [0.2, 0.25) is 5.91 Å². The van der Waals surface area contributed by atoms with Crippen LogP contribution in [0.25, 0.3) is 0 Å². The zero-order valence-corrected chi connectivity index (χ0v) is 18.2. The number of hydrogen-bond acceptors (Lipinski definition) is 5. The number of rotatable bonds is 8. The lowest BCUT2D eigenvalue weighted by Crippen LogP contribution is -2.43. The van der Waals surface area contributed by atoms with E-state index >= 15 is 0 Å². The van der Waals surface area contributed by atoms with Crippen molar-refractivity contribution in [3.63, 3.8) is 0 Å². The summed E-state index contributed by atoms with van der Waals surface area (Å²) >= 11 is 0. The van der Waals surface area contributed by atoms with E-state index < -0.39 is 0 Å². The van der Waals surface area contributed by atoms with Gasteiger partial charge < -0.3 is 24.0 Å². The van der Waals surface area contributed by atoms with E-state index in [1.54, 1.807) is 4.90 Å². The molecule has 2 heterocycles. The highest BCUT2D eigenvalue weighted by Crippen LogP contribution is 2.21. The van der Waals surface area contributed by atoms with Crippen LogP contribution in [-0.2, 0) is 14.3 Å². The van der Waals surface area contributed by atoms with Crippen LogP contribution < -0.4 is 4.74 Å². The van der Waals surface area contributed by atoms with Gasteiger partial charge in [0.05, 0.1) is 6.10 Å². The largest absolute Gasteiger partial charge is 0.490 e. The molecule has 7 heteroatoms. The fourth-order valence-corrected chi connectivity index (χ4v) is 4.00. The predicted octanol–water partition coefficient (Wildman–Crippen LogP) is 2.73. The molecule has 1 atom stereocenters. The van der Waals surface area contributed by atoms with Gasteiger partial charge in [0.15, 0.2) is 0 Å². The van der Waals surface area contributed by atoms with Gasteiger partial charge in [-0.2, -0.15) is 0 Å². The minimum absolute atomic E-state index is 0.0160. The van der Waals surface area contributed by atoms with Crippen LogP contribution in [0.15, 0.2) is 24.3 Å². The minimum Gasteiger partial charge on any atom is -0.490 e. The first kappa shape index (κ1) is 22.6. The predicted molar refractivity (Wildman–Crippen MR) is 114 cm³/mol. The normalized spacial score (nSPS) is 20.1. The molecule has 0 unspecified atom stereocenters. The fourth-order valence-electron chi connectivity index (χ4n) is 4.00. The van der Waals surface area contributed by atoms with Crippen LogP contribution in [0.1, 0.15) is 48.9 Å². The SMILES string of the molecule is COCC(=O)N1CCC(Oc2ccc(C(=O)N(C)CC[C@H]3CCCCO3)cc2)CC1. The summed E-state index contributed by atoms with van der Waals surface area (Å²) in [5, 5.41) is 0. The van der Waals surface area contributed by atoms with E-state index in [2.05, 4.69) is 0 Å². The Morgan fingerprint density at radius 3 is 2.50 bits per heavy atom.